The SMILES string of the molecule is N#Cc1ccc(Oc2ccc([N+](=O)[O-])cc2[N+](=O)[O-])cc1. The molecular formula is C13H7N3O5. The Bertz CT molecular complexity index is 749. The molecule has 0 aliphatic carbocycles. The van der Waals surface area contributed by atoms with Crippen LogP contribution in [-0.4, -0.2) is 9.85 Å². The first-order valence-corrected chi connectivity index (χ1v) is 5.62. The molecule has 0 aromatic heterocycles. The molecule has 0 amide bonds. The minimum Gasteiger partial charge on any atom is -0.450 e. The Hall–Kier alpha value is -3.47. The van der Waals surface area contributed by atoms with Gasteiger partial charge in [0.1, 0.15) is 5.75 Å². The second kappa shape index (κ2) is 5.66. The molecule has 2 rings (SSSR count). The molecule has 21 heavy (non-hydrogen) atoms. The van der Waals surface area contributed by atoms with Crippen molar-refractivity contribution in [2.24, 2.45) is 0 Å². The van der Waals surface area contributed by atoms with Crippen LogP contribution in [0.4, 0.5) is 11.4 Å². The Morgan fingerprint density at radius 3 is 2.19 bits per heavy atom. The monoisotopic (exact) mass is 285 g/mol. The first-order valence-electron chi connectivity index (χ1n) is 5.62. The van der Waals surface area contributed by atoms with E-state index in [1.54, 1.807) is 0 Å². The zero-order valence-electron chi connectivity index (χ0n) is 10.4. The second-order valence-corrected chi connectivity index (χ2v) is 3.90. The summed E-state index contributed by atoms with van der Waals surface area (Å²) in [5, 5.41) is 30.2. The van der Waals surface area contributed by atoms with Crippen molar-refractivity contribution in [3.8, 4) is 17.6 Å². The highest BCUT2D eigenvalue weighted by Gasteiger charge is 2.21. The van der Waals surface area contributed by atoms with Gasteiger partial charge in [-0.25, -0.2) is 0 Å². The van der Waals surface area contributed by atoms with Crippen LogP contribution in [0.5, 0.6) is 11.5 Å². The summed E-state index contributed by atoms with van der Waals surface area (Å²) in [5.41, 5.74) is -0.483. The molecule has 0 N–H and O–H groups in total. The van der Waals surface area contributed by atoms with Gasteiger partial charge in [0.05, 0.1) is 27.5 Å². The van der Waals surface area contributed by atoms with Gasteiger partial charge in [-0.3, -0.25) is 20.2 Å². The molecule has 104 valence electrons. The van der Waals surface area contributed by atoms with Crippen LogP contribution in [0.3, 0.4) is 0 Å². The molecule has 0 aliphatic rings. The van der Waals surface area contributed by atoms with Gasteiger partial charge in [0.15, 0.2) is 0 Å². The van der Waals surface area contributed by atoms with E-state index in [0.717, 1.165) is 18.2 Å². The average molecular weight is 285 g/mol. The number of non-ortho nitro benzene ring substituents is 1. The van der Waals surface area contributed by atoms with Crippen molar-refractivity contribution in [1.82, 2.24) is 0 Å². The van der Waals surface area contributed by atoms with Crippen molar-refractivity contribution in [3.63, 3.8) is 0 Å². The van der Waals surface area contributed by atoms with E-state index < -0.39 is 21.2 Å². The number of hydrogen-bond donors (Lipinski definition) is 0. The van der Waals surface area contributed by atoms with E-state index in [9.17, 15) is 20.2 Å². The minimum absolute atomic E-state index is 0.115. The van der Waals surface area contributed by atoms with E-state index in [1.165, 1.54) is 24.3 Å². The normalized spacial score (nSPS) is 9.67. The highest BCUT2D eigenvalue weighted by molar-refractivity contribution is 5.55. The number of hydrogen-bond acceptors (Lipinski definition) is 6. The predicted molar refractivity (Wildman–Crippen MR) is 71.0 cm³/mol. The zero-order valence-corrected chi connectivity index (χ0v) is 10.4. The first kappa shape index (κ1) is 14.0. The highest BCUT2D eigenvalue weighted by Crippen LogP contribution is 2.34. The number of nitro groups is 2. The number of ether oxygens (including phenoxy) is 1. The molecule has 0 unspecified atom stereocenters. The molecule has 0 fully saturated rings. The van der Waals surface area contributed by atoms with Crippen molar-refractivity contribution in [2.45, 2.75) is 0 Å². The van der Waals surface area contributed by atoms with E-state index in [1.807, 2.05) is 6.07 Å². The fraction of sp³-hybridized carbons (Fsp3) is 0. The van der Waals surface area contributed by atoms with Crippen molar-refractivity contribution < 1.29 is 14.6 Å². The number of nitrogens with zero attached hydrogens (tertiary/aromatic N) is 3. The van der Waals surface area contributed by atoms with Gasteiger partial charge in [0, 0.05) is 6.07 Å². The first-order chi connectivity index (χ1) is 10.0. The number of nitro benzene ring substituents is 2. The second-order valence-electron chi connectivity index (χ2n) is 3.90. The summed E-state index contributed by atoms with van der Waals surface area (Å²) < 4.78 is 5.33. The molecule has 0 spiro atoms. The van der Waals surface area contributed by atoms with Gasteiger partial charge in [-0.2, -0.15) is 5.26 Å². The van der Waals surface area contributed by atoms with Gasteiger partial charge < -0.3 is 4.74 Å². The number of nitriles is 1. The molecule has 8 nitrogen and oxygen atoms in total. The Balaban J connectivity index is 2.36. The third kappa shape index (κ3) is 3.10. The van der Waals surface area contributed by atoms with Crippen LogP contribution in [0.25, 0.3) is 0 Å². The molecule has 2 aromatic carbocycles. The largest absolute Gasteiger partial charge is 0.450 e. The Labute approximate surface area is 118 Å². The lowest BCUT2D eigenvalue weighted by atomic mass is 10.2. The van der Waals surface area contributed by atoms with Crippen molar-refractivity contribution in [2.75, 3.05) is 0 Å². The molecular weight excluding hydrogens is 278 g/mol. The van der Waals surface area contributed by atoms with Gasteiger partial charge in [-0.05, 0) is 30.3 Å². The standard InChI is InChI=1S/C13H7N3O5/c14-8-9-1-4-11(5-2-9)21-13-6-3-10(15(17)18)7-12(13)16(19)20/h1-7H. The quantitative estimate of drug-likeness (QED) is 0.628. The zero-order chi connectivity index (χ0) is 15.4. The molecule has 0 radical (unpaired) electrons. The molecule has 0 saturated carbocycles. The molecule has 0 saturated heterocycles. The van der Waals surface area contributed by atoms with Gasteiger partial charge >= 0.3 is 5.69 Å². The van der Waals surface area contributed by atoms with Gasteiger partial charge in [0.25, 0.3) is 5.69 Å². The lowest BCUT2D eigenvalue weighted by Crippen LogP contribution is -1.96. The molecule has 0 heterocycles. The Kier molecular flexibility index (Phi) is 3.76. The Morgan fingerprint density at radius 2 is 1.67 bits per heavy atom. The van der Waals surface area contributed by atoms with Gasteiger partial charge in [-0.15, -0.1) is 0 Å². The van der Waals surface area contributed by atoms with Crippen LogP contribution >= 0.6 is 0 Å². The fourth-order valence-electron chi connectivity index (χ4n) is 1.57. The predicted octanol–water partition coefficient (Wildman–Crippen LogP) is 3.17. The van der Waals surface area contributed by atoms with Crippen LogP contribution in [0.15, 0.2) is 42.5 Å². The molecule has 0 atom stereocenters. The summed E-state index contributed by atoms with van der Waals surface area (Å²) in [6.07, 6.45) is 0. The molecule has 8 heteroatoms. The Morgan fingerprint density at radius 1 is 1.00 bits per heavy atom. The van der Waals surface area contributed by atoms with E-state index in [4.69, 9.17) is 10.00 Å². The summed E-state index contributed by atoms with van der Waals surface area (Å²) in [5.74, 6) is 0.168. The summed E-state index contributed by atoms with van der Waals surface area (Å²) >= 11 is 0. The number of rotatable bonds is 4. The van der Waals surface area contributed by atoms with Gasteiger partial charge in [-0.1, -0.05) is 0 Å². The maximum Gasteiger partial charge on any atom is 0.318 e. The van der Waals surface area contributed by atoms with Crippen LogP contribution in [0.2, 0.25) is 0 Å². The van der Waals surface area contributed by atoms with E-state index in [-0.39, 0.29) is 11.5 Å². The summed E-state index contributed by atoms with van der Waals surface area (Å²) in [6.45, 7) is 0. The van der Waals surface area contributed by atoms with E-state index in [0.29, 0.717) is 5.56 Å². The van der Waals surface area contributed by atoms with Crippen molar-refractivity contribution in [3.05, 3.63) is 68.3 Å². The fourth-order valence-corrected chi connectivity index (χ4v) is 1.57. The summed E-state index contributed by atoms with van der Waals surface area (Å²) in [6, 6.07) is 11.0. The average Bonchev–Trinajstić information content (AvgIpc) is 2.48. The van der Waals surface area contributed by atoms with E-state index in [2.05, 4.69) is 0 Å². The maximum absolute atomic E-state index is 10.9. The topological polar surface area (TPSA) is 119 Å². The van der Waals surface area contributed by atoms with Crippen LogP contribution in [0, 0.1) is 31.6 Å². The smallest absolute Gasteiger partial charge is 0.318 e. The minimum atomic E-state index is -0.758. The van der Waals surface area contributed by atoms with Crippen molar-refractivity contribution in [1.29, 1.82) is 5.26 Å². The summed E-state index contributed by atoms with van der Waals surface area (Å²) in [7, 11) is 0. The molecule has 2 aromatic rings. The lowest BCUT2D eigenvalue weighted by molar-refractivity contribution is -0.394. The van der Waals surface area contributed by atoms with Crippen LogP contribution in [0.1, 0.15) is 5.56 Å². The third-order valence-corrected chi connectivity index (χ3v) is 2.56. The van der Waals surface area contributed by atoms with Crippen molar-refractivity contribution >= 4 is 11.4 Å². The molecule has 0 aliphatic heterocycles. The van der Waals surface area contributed by atoms with Crippen LogP contribution < -0.4 is 4.74 Å². The van der Waals surface area contributed by atoms with E-state index >= 15 is 0 Å². The lowest BCUT2D eigenvalue weighted by Gasteiger charge is -2.06. The van der Waals surface area contributed by atoms with Gasteiger partial charge in [0.2, 0.25) is 5.75 Å². The number of benzene rings is 2. The highest BCUT2D eigenvalue weighted by atomic mass is 16.6. The maximum atomic E-state index is 10.9. The molecule has 0 bridgehead atoms. The van der Waals surface area contributed by atoms with Crippen LogP contribution in [-0.2, 0) is 0 Å². The summed E-state index contributed by atoms with van der Waals surface area (Å²) in [4.78, 5) is 20.1. The third-order valence-electron chi connectivity index (χ3n) is 2.56.